The molecule has 2 rings (SSSR count). The van der Waals surface area contributed by atoms with Crippen molar-refractivity contribution < 1.29 is 14.5 Å². The van der Waals surface area contributed by atoms with E-state index in [1.807, 2.05) is 0 Å². The quantitative estimate of drug-likeness (QED) is 0.322. The molecule has 1 aromatic carbocycles. The lowest BCUT2D eigenvalue weighted by atomic mass is 10.1. The molecule has 0 atom stereocenters. The molecule has 0 spiro atoms. The van der Waals surface area contributed by atoms with E-state index in [1.54, 1.807) is 6.07 Å². The van der Waals surface area contributed by atoms with Crippen molar-refractivity contribution in [3.8, 4) is 6.07 Å². The maximum absolute atomic E-state index is 11.8. The van der Waals surface area contributed by atoms with Gasteiger partial charge < -0.3 is 0 Å². The number of imide groups is 1. The van der Waals surface area contributed by atoms with Crippen molar-refractivity contribution >= 4 is 17.5 Å². The molecule has 2 amide bonds. The van der Waals surface area contributed by atoms with Gasteiger partial charge in [-0.25, -0.2) is 0 Å². The monoisotopic (exact) mass is 231 g/mol. The summed E-state index contributed by atoms with van der Waals surface area (Å²) in [6, 6.07) is 5.49. The van der Waals surface area contributed by atoms with E-state index >= 15 is 0 Å². The smallest absolute Gasteiger partial charge is 0.269 e. The van der Waals surface area contributed by atoms with Crippen molar-refractivity contribution in [3.05, 3.63) is 39.4 Å². The van der Waals surface area contributed by atoms with E-state index < -0.39 is 29.0 Å². The molecular formula is C10H5N3O4. The van der Waals surface area contributed by atoms with Crippen molar-refractivity contribution in [3.63, 3.8) is 0 Å². The first kappa shape index (κ1) is 10.8. The lowest BCUT2D eigenvalue weighted by Gasteiger charge is -2.06. The van der Waals surface area contributed by atoms with Crippen LogP contribution in [0, 0.1) is 21.4 Å². The Hall–Kier alpha value is -2.75. The van der Waals surface area contributed by atoms with Gasteiger partial charge >= 0.3 is 0 Å². The van der Waals surface area contributed by atoms with Crippen LogP contribution in [0.5, 0.6) is 0 Å². The number of nitro benzene ring substituents is 1. The van der Waals surface area contributed by atoms with Crippen LogP contribution in [0.2, 0.25) is 0 Å². The van der Waals surface area contributed by atoms with E-state index in [2.05, 4.69) is 0 Å². The lowest BCUT2D eigenvalue weighted by molar-refractivity contribution is -0.385. The zero-order valence-corrected chi connectivity index (χ0v) is 8.41. The number of nitriles is 1. The number of carbonyl (C=O) groups excluding carboxylic acids is 2. The Labute approximate surface area is 95.0 Å². The molecule has 0 aliphatic carbocycles. The second kappa shape index (κ2) is 3.68. The Kier molecular flexibility index (Phi) is 2.33. The molecule has 17 heavy (non-hydrogen) atoms. The predicted octanol–water partition coefficient (Wildman–Crippen LogP) is 0.714. The summed E-state index contributed by atoms with van der Waals surface area (Å²) in [4.78, 5) is 34.2. The van der Waals surface area contributed by atoms with Gasteiger partial charge in [-0.15, -0.1) is 0 Å². The number of hydrogen-bond donors (Lipinski definition) is 0. The maximum atomic E-state index is 11.8. The molecule has 0 aromatic heterocycles. The predicted molar refractivity (Wildman–Crippen MR) is 54.1 cm³/mol. The standard InChI is InChI=1S/C10H5N3O4/c11-4-5-12-9(14)6-2-1-3-7(13(16)17)8(6)10(12)15/h1-3H,5H2. The van der Waals surface area contributed by atoms with Crippen LogP contribution in [0.3, 0.4) is 0 Å². The van der Waals surface area contributed by atoms with Crippen LogP contribution in [0.25, 0.3) is 0 Å². The molecule has 0 saturated heterocycles. The fourth-order valence-electron chi connectivity index (χ4n) is 1.68. The number of nitrogens with zero attached hydrogens (tertiary/aromatic N) is 3. The molecule has 7 heteroatoms. The molecule has 1 aromatic rings. The molecular weight excluding hydrogens is 226 g/mol. The fraction of sp³-hybridized carbons (Fsp3) is 0.100. The highest BCUT2D eigenvalue weighted by Gasteiger charge is 2.40. The number of amides is 2. The van der Waals surface area contributed by atoms with Crippen LogP contribution in [0.15, 0.2) is 18.2 Å². The zero-order chi connectivity index (χ0) is 12.6. The van der Waals surface area contributed by atoms with E-state index in [0.29, 0.717) is 4.90 Å². The highest BCUT2D eigenvalue weighted by Crippen LogP contribution is 2.30. The normalized spacial score (nSPS) is 13.5. The van der Waals surface area contributed by atoms with Crippen molar-refractivity contribution in [2.45, 2.75) is 0 Å². The molecule has 1 aliphatic heterocycles. The summed E-state index contributed by atoms with van der Waals surface area (Å²) in [6.07, 6.45) is 0. The Morgan fingerprint density at radius 1 is 1.35 bits per heavy atom. The van der Waals surface area contributed by atoms with E-state index in [1.165, 1.54) is 12.1 Å². The van der Waals surface area contributed by atoms with Crippen LogP contribution >= 0.6 is 0 Å². The average Bonchev–Trinajstić information content (AvgIpc) is 2.55. The van der Waals surface area contributed by atoms with Gasteiger partial charge in [0.1, 0.15) is 12.1 Å². The van der Waals surface area contributed by atoms with Gasteiger partial charge in [-0.2, -0.15) is 5.26 Å². The van der Waals surface area contributed by atoms with Crippen LogP contribution in [0.1, 0.15) is 20.7 Å². The summed E-state index contributed by atoms with van der Waals surface area (Å²) in [6.45, 7) is -0.413. The molecule has 1 aliphatic rings. The summed E-state index contributed by atoms with van der Waals surface area (Å²) in [7, 11) is 0. The van der Waals surface area contributed by atoms with Gasteiger partial charge in [0.05, 0.1) is 16.6 Å². The number of carbonyl (C=O) groups is 2. The third-order valence-corrected chi connectivity index (χ3v) is 2.40. The second-order valence-corrected chi connectivity index (χ2v) is 3.31. The minimum absolute atomic E-state index is 0.0283. The number of rotatable bonds is 2. The lowest BCUT2D eigenvalue weighted by Crippen LogP contribution is -2.30. The fourth-order valence-corrected chi connectivity index (χ4v) is 1.68. The van der Waals surface area contributed by atoms with Crippen LogP contribution in [0.4, 0.5) is 5.69 Å². The average molecular weight is 231 g/mol. The molecule has 1 heterocycles. The molecule has 0 unspecified atom stereocenters. The molecule has 0 fully saturated rings. The Morgan fingerprint density at radius 3 is 2.65 bits per heavy atom. The summed E-state index contributed by atoms with van der Waals surface area (Å²) in [5.74, 6) is -1.46. The Bertz CT molecular complexity index is 588. The summed E-state index contributed by atoms with van der Waals surface area (Å²) < 4.78 is 0. The number of fused-ring (bicyclic) bond motifs is 1. The minimum Gasteiger partial charge on any atom is -0.269 e. The van der Waals surface area contributed by atoms with Gasteiger partial charge in [-0.1, -0.05) is 6.07 Å². The third-order valence-electron chi connectivity index (χ3n) is 2.40. The minimum atomic E-state index is -0.793. The van der Waals surface area contributed by atoms with E-state index in [-0.39, 0.29) is 11.1 Å². The third kappa shape index (κ3) is 1.43. The molecule has 0 N–H and O–H groups in total. The first-order valence-electron chi connectivity index (χ1n) is 4.58. The van der Waals surface area contributed by atoms with Crippen LogP contribution in [-0.2, 0) is 0 Å². The van der Waals surface area contributed by atoms with Gasteiger partial charge in [-0.05, 0) is 6.07 Å². The second-order valence-electron chi connectivity index (χ2n) is 3.31. The zero-order valence-electron chi connectivity index (χ0n) is 8.41. The van der Waals surface area contributed by atoms with E-state index in [4.69, 9.17) is 5.26 Å². The highest BCUT2D eigenvalue weighted by atomic mass is 16.6. The molecule has 0 saturated carbocycles. The van der Waals surface area contributed by atoms with Crippen LogP contribution < -0.4 is 0 Å². The SMILES string of the molecule is N#CCN1C(=O)c2cccc([N+](=O)[O-])c2C1=O. The number of nitro groups is 1. The van der Waals surface area contributed by atoms with Crippen molar-refractivity contribution in [1.29, 1.82) is 5.26 Å². The summed E-state index contributed by atoms with van der Waals surface area (Å²) in [5, 5.41) is 19.2. The maximum Gasteiger partial charge on any atom is 0.282 e. The van der Waals surface area contributed by atoms with Gasteiger partial charge in [0.15, 0.2) is 0 Å². The van der Waals surface area contributed by atoms with Gasteiger partial charge in [-0.3, -0.25) is 24.6 Å². The Morgan fingerprint density at radius 2 is 2.06 bits per heavy atom. The Balaban J connectivity index is 2.62. The van der Waals surface area contributed by atoms with Crippen molar-refractivity contribution in [2.24, 2.45) is 0 Å². The van der Waals surface area contributed by atoms with Crippen LogP contribution in [-0.4, -0.2) is 28.2 Å². The highest BCUT2D eigenvalue weighted by molar-refractivity contribution is 6.23. The largest absolute Gasteiger partial charge is 0.282 e. The number of hydrogen-bond acceptors (Lipinski definition) is 5. The van der Waals surface area contributed by atoms with Crippen molar-refractivity contribution in [1.82, 2.24) is 4.90 Å². The van der Waals surface area contributed by atoms with Gasteiger partial charge in [0.2, 0.25) is 0 Å². The topological polar surface area (TPSA) is 104 Å². The molecule has 7 nitrogen and oxygen atoms in total. The van der Waals surface area contributed by atoms with E-state index in [0.717, 1.165) is 6.07 Å². The summed E-state index contributed by atoms with van der Waals surface area (Å²) in [5.41, 5.74) is -0.682. The summed E-state index contributed by atoms with van der Waals surface area (Å²) >= 11 is 0. The van der Waals surface area contributed by atoms with Gasteiger partial charge in [0.25, 0.3) is 17.5 Å². The van der Waals surface area contributed by atoms with Crippen molar-refractivity contribution in [2.75, 3.05) is 6.54 Å². The molecule has 0 bridgehead atoms. The molecule has 0 radical (unpaired) electrons. The molecule has 84 valence electrons. The first-order chi connectivity index (χ1) is 8.07. The van der Waals surface area contributed by atoms with E-state index in [9.17, 15) is 19.7 Å². The number of benzene rings is 1. The first-order valence-corrected chi connectivity index (χ1v) is 4.58. The van der Waals surface area contributed by atoms with Gasteiger partial charge in [0, 0.05) is 6.07 Å².